The predicted molar refractivity (Wildman–Crippen MR) is 75.6 cm³/mol. The highest BCUT2D eigenvalue weighted by atomic mass is 16.5. The minimum atomic E-state index is -0.265. The largest absolute Gasteiger partial charge is 0.469 e. The molecule has 0 aliphatic rings. The van der Waals surface area contributed by atoms with Crippen molar-refractivity contribution < 1.29 is 9.53 Å². The predicted octanol–water partition coefficient (Wildman–Crippen LogP) is 1.15. The van der Waals surface area contributed by atoms with Crippen LogP contribution in [0.5, 0.6) is 0 Å². The highest BCUT2D eigenvalue weighted by Crippen LogP contribution is 2.19. The van der Waals surface area contributed by atoms with E-state index in [2.05, 4.69) is 42.5 Å². The summed E-state index contributed by atoms with van der Waals surface area (Å²) >= 11 is 0. The lowest BCUT2D eigenvalue weighted by Gasteiger charge is -2.08. The van der Waals surface area contributed by atoms with Crippen LogP contribution in [0.1, 0.15) is 19.8 Å². The highest BCUT2D eigenvalue weighted by Gasteiger charge is 2.09. The van der Waals surface area contributed by atoms with E-state index in [0.29, 0.717) is 24.0 Å². The second-order valence-corrected chi connectivity index (χ2v) is 4.21. The number of aromatic amines is 1. The third-order valence-electron chi connectivity index (χ3n) is 2.69. The number of carbonyl (C=O) groups excluding carboxylic acids is 1. The van der Waals surface area contributed by atoms with Crippen LogP contribution in [-0.2, 0) is 9.53 Å². The van der Waals surface area contributed by atoms with E-state index >= 15 is 0 Å². The molecular formula is C12H18N6O2. The van der Waals surface area contributed by atoms with Crippen molar-refractivity contribution in [1.82, 2.24) is 20.2 Å². The van der Waals surface area contributed by atoms with Gasteiger partial charge in [0.05, 0.1) is 25.1 Å². The number of nitrogens with one attached hydrogen (secondary N) is 3. The monoisotopic (exact) mass is 278 g/mol. The van der Waals surface area contributed by atoms with Crippen LogP contribution in [-0.4, -0.2) is 46.3 Å². The molecule has 0 spiro atoms. The molecule has 8 nitrogen and oxygen atoms in total. The number of anilines is 2. The molecule has 0 saturated heterocycles. The van der Waals surface area contributed by atoms with Crippen molar-refractivity contribution in [2.75, 3.05) is 30.8 Å². The number of aromatic nitrogens is 4. The zero-order valence-electron chi connectivity index (χ0n) is 11.6. The number of esters is 1. The Morgan fingerprint density at radius 1 is 1.35 bits per heavy atom. The molecule has 0 saturated carbocycles. The molecule has 3 N–H and O–H groups in total. The van der Waals surface area contributed by atoms with Crippen LogP contribution in [0.3, 0.4) is 0 Å². The number of nitrogens with zero attached hydrogens (tertiary/aromatic N) is 3. The number of hydrogen-bond donors (Lipinski definition) is 3. The minimum Gasteiger partial charge on any atom is -0.469 e. The first-order chi connectivity index (χ1) is 9.74. The van der Waals surface area contributed by atoms with Gasteiger partial charge in [-0.15, -0.1) is 0 Å². The third-order valence-corrected chi connectivity index (χ3v) is 2.69. The van der Waals surface area contributed by atoms with Crippen LogP contribution >= 0.6 is 0 Å². The number of rotatable bonds is 7. The van der Waals surface area contributed by atoms with E-state index in [1.54, 1.807) is 6.20 Å². The Morgan fingerprint density at radius 3 is 2.95 bits per heavy atom. The van der Waals surface area contributed by atoms with Gasteiger partial charge in [0.15, 0.2) is 5.65 Å². The van der Waals surface area contributed by atoms with Gasteiger partial charge >= 0.3 is 5.97 Å². The molecule has 2 aromatic heterocycles. The number of ether oxygens (including phenoxy) is 1. The molecule has 0 atom stereocenters. The third kappa shape index (κ3) is 3.34. The zero-order valence-corrected chi connectivity index (χ0v) is 11.6. The molecule has 0 aliphatic heterocycles. The van der Waals surface area contributed by atoms with E-state index < -0.39 is 0 Å². The number of hydrogen-bond acceptors (Lipinski definition) is 7. The molecule has 2 aromatic rings. The second-order valence-electron chi connectivity index (χ2n) is 4.21. The lowest BCUT2D eigenvalue weighted by Crippen LogP contribution is -2.12. The number of methoxy groups -OCH3 is 1. The van der Waals surface area contributed by atoms with E-state index in [1.807, 2.05) is 0 Å². The van der Waals surface area contributed by atoms with Gasteiger partial charge in [0, 0.05) is 13.1 Å². The molecule has 0 radical (unpaired) electrons. The van der Waals surface area contributed by atoms with Crippen molar-refractivity contribution in [3.63, 3.8) is 0 Å². The summed E-state index contributed by atoms with van der Waals surface area (Å²) in [5.74, 6) is 0.912. The Kier molecular flexibility index (Phi) is 4.70. The highest BCUT2D eigenvalue weighted by molar-refractivity contribution is 5.87. The molecule has 8 heteroatoms. The Balaban J connectivity index is 2.12. The van der Waals surface area contributed by atoms with E-state index in [0.717, 1.165) is 18.4 Å². The van der Waals surface area contributed by atoms with E-state index in [9.17, 15) is 4.79 Å². The van der Waals surface area contributed by atoms with Gasteiger partial charge in [0.25, 0.3) is 0 Å². The summed E-state index contributed by atoms with van der Waals surface area (Å²) in [7, 11) is 1.37. The Morgan fingerprint density at radius 2 is 2.20 bits per heavy atom. The van der Waals surface area contributed by atoms with Gasteiger partial charge in [-0.2, -0.15) is 15.1 Å². The lowest BCUT2D eigenvalue weighted by molar-refractivity contribution is -0.140. The fraction of sp³-hybridized carbons (Fsp3) is 0.500. The topological polar surface area (TPSA) is 105 Å². The average Bonchev–Trinajstić information content (AvgIpc) is 2.93. The molecule has 20 heavy (non-hydrogen) atoms. The summed E-state index contributed by atoms with van der Waals surface area (Å²) < 4.78 is 4.59. The first-order valence-corrected chi connectivity index (χ1v) is 6.50. The second kappa shape index (κ2) is 6.69. The first-order valence-electron chi connectivity index (χ1n) is 6.50. The van der Waals surface area contributed by atoms with Crippen molar-refractivity contribution in [2.24, 2.45) is 0 Å². The molecule has 2 heterocycles. The molecular weight excluding hydrogens is 260 g/mol. The summed E-state index contributed by atoms with van der Waals surface area (Å²) in [5, 5.41) is 13.8. The zero-order chi connectivity index (χ0) is 14.4. The van der Waals surface area contributed by atoms with Crippen molar-refractivity contribution in [3.05, 3.63) is 6.20 Å². The van der Waals surface area contributed by atoms with Gasteiger partial charge in [0.2, 0.25) is 5.95 Å². The Hall–Kier alpha value is -2.38. The normalized spacial score (nSPS) is 10.5. The van der Waals surface area contributed by atoms with Gasteiger partial charge in [-0.1, -0.05) is 6.92 Å². The van der Waals surface area contributed by atoms with Crippen LogP contribution in [0.25, 0.3) is 11.0 Å². The molecule has 0 bridgehead atoms. The molecule has 2 rings (SSSR count). The number of fused-ring (bicyclic) bond motifs is 1. The van der Waals surface area contributed by atoms with Crippen LogP contribution in [0.2, 0.25) is 0 Å². The van der Waals surface area contributed by atoms with E-state index in [-0.39, 0.29) is 12.4 Å². The van der Waals surface area contributed by atoms with Gasteiger partial charge in [0.1, 0.15) is 5.82 Å². The van der Waals surface area contributed by atoms with Gasteiger partial charge < -0.3 is 15.4 Å². The molecule has 0 fully saturated rings. The van der Waals surface area contributed by atoms with Crippen molar-refractivity contribution >= 4 is 28.8 Å². The smallest absolute Gasteiger partial charge is 0.307 e. The molecule has 0 aliphatic carbocycles. The lowest BCUT2D eigenvalue weighted by atomic mass is 10.3. The van der Waals surface area contributed by atoms with E-state index in [1.165, 1.54) is 7.11 Å². The molecule has 0 unspecified atom stereocenters. The van der Waals surface area contributed by atoms with Crippen LogP contribution < -0.4 is 10.6 Å². The fourth-order valence-corrected chi connectivity index (χ4v) is 1.67. The molecule has 0 amide bonds. The maximum Gasteiger partial charge on any atom is 0.307 e. The minimum absolute atomic E-state index is 0.265. The van der Waals surface area contributed by atoms with Crippen LogP contribution in [0.15, 0.2) is 6.20 Å². The van der Waals surface area contributed by atoms with Crippen molar-refractivity contribution in [2.45, 2.75) is 19.8 Å². The standard InChI is InChI=1S/C12H18N6O2/c1-3-5-14-12-16-10(13-6-4-9(19)20-2)8-7-15-18-11(8)17-12/h7H,3-6H2,1-2H3,(H3,13,14,15,16,17,18). The molecule has 0 aromatic carbocycles. The maximum atomic E-state index is 11.1. The Labute approximate surface area is 116 Å². The summed E-state index contributed by atoms with van der Waals surface area (Å²) in [6.07, 6.45) is 2.91. The summed E-state index contributed by atoms with van der Waals surface area (Å²) in [6, 6.07) is 0. The van der Waals surface area contributed by atoms with Gasteiger partial charge in [-0.25, -0.2) is 0 Å². The number of carbonyl (C=O) groups is 1. The first kappa shape index (κ1) is 14.0. The summed E-state index contributed by atoms with van der Waals surface area (Å²) in [5.41, 5.74) is 0.652. The van der Waals surface area contributed by atoms with Gasteiger partial charge in [-0.3, -0.25) is 9.89 Å². The summed E-state index contributed by atoms with van der Waals surface area (Å²) in [6.45, 7) is 3.30. The fourth-order valence-electron chi connectivity index (χ4n) is 1.67. The SMILES string of the molecule is CCCNc1nc(NCCC(=O)OC)c2cn[nH]c2n1. The molecule has 108 valence electrons. The number of H-pyrrole nitrogens is 1. The average molecular weight is 278 g/mol. The van der Waals surface area contributed by atoms with Crippen LogP contribution in [0, 0.1) is 0 Å². The van der Waals surface area contributed by atoms with Crippen molar-refractivity contribution in [1.29, 1.82) is 0 Å². The van der Waals surface area contributed by atoms with Gasteiger partial charge in [-0.05, 0) is 6.42 Å². The summed E-state index contributed by atoms with van der Waals surface area (Å²) in [4.78, 5) is 19.8. The van der Waals surface area contributed by atoms with E-state index in [4.69, 9.17) is 0 Å². The quantitative estimate of drug-likeness (QED) is 0.652. The van der Waals surface area contributed by atoms with Crippen molar-refractivity contribution in [3.8, 4) is 0 Å². The Bertz CT molecular complexity index is 582. The maximum absolute atomic E-state index is 11.1. The van der Waals surface area contributed by atoms with Crippen LogP contribution in [0.4, 0.5) is 11.8 Å².